The molecule has 0 fully saturated rings. The highest BCUT2D eigenvalue weighted by molar-refractivity contribution is 7.55. The van der Waals surface area contributed by atoms with E-state index in [0.29, 0.717) is 8.58 Å². The largest absolute Gasteiger partial charge is 0.457 e. The molecule has 0 heterocycles. The lowest BCUT2D eigenvalue weighted by atomic mass is 10.1. The van der Waals surface area contributed by atoms with Crippen LogP contribution in [-0.2, 0) is 0 Å². The smallest absolute Gasteiger partial charge is 0.130 e. The van der Waals surface area contributed by atoms with Gasteiger partial charge in [0.2, 0.25) is 0 Å². The second-order valence-electron chi connectivity index (χ2n) is 6.93. The van der Waals surface area contributed by atoms with Crippen LogP contribution in [0.15, 0.2) is 97.1 Å². The summed E-state index contributed by atoms with van der Waals surface area (Å²) >= 11 is 0. The fraction of sp³-hybridized carbons (Fsp3) is 0.0769. The first-order valence-corrected chi connectivity index (χ1v) is 10.5. The molecular weight excluding hydrogens is 359 g/mol. The Morgan fingerprint density at radius 1 is 0.679 bits per heavy atom. The Hall–Kier alpha value is -2.89. The summed E-state index contributed by atoms with van der Waals surface area (Å²) < 4.78 is 6.11. The third-order valence-electron chi connectivity index (χ3n) is 4.72. The molecule has 0 saturated heterocycles. The van der Waals surface area contributed by atoms with E-state index >= 15 is 0 Å². The first-order chi connectivity index (χ1) is 13.7. The molecule has 0 spiro atoms. The minimum atomic E-state index is 0.642. The van der Waals surface area contributed by atoms with Crippen LogP contribution in [0, 0.1) is 13.8 Å². The van der Waals surface area contributed by atoms with E-state index in [0.717, 1.165) is 17.1 Å². The number of ether oxygens (including phenoxy) is 1. The molecule has 4 rings (SSSR count). The molecule has 4 aromatic carbocycles. The summed E-state index contributed by atoms with van der Waals surface area (Å²) in [5.41, 5.74) is 4.84. The molecule has 0 amide bonds. The maximum Gasteiger partial charge on any atom is 0.130 e. The Kier molecular flexibility index (Phi) is 5.55. The van der Waals surface area contributed by atoms with Crippen LogP contribution < -0.4 is 15.3 Å². The normalized spacial score (nSPS) is 11.1. The van der Waals surface area contributed by atoms with Gasteiger partial charge in [-0.05, 0) is 64.9 Å². The number of hydrogen-bond donors (Lipinski definition) is 0. The van der Waals surface area contributed by atoms with Crippen LogP contribution in [0.2, 0.25) is 0 Å². The molecule has 0 saturated carbocycles. The highest BCUT2D eigenvalue weighted by Gasteiger charge is 2.07. The average molecular weight is 382 g/mol. The monoisotopic (exact) mass is 382 g/mol. The molecule has 138 valence electrons. The molecule has 28 heavy (non-hydrogen) atoms. The Bertz CT molecular complexity index is 1070. The molecule has 0 radical (unpaired) electrons. The van der Waals surface area contributed by atoms with Gasteiger partial charge < -0.3 is 4.74 Å². The maximum absolute atomic E-state index is 6.11. The van der Waals surface area contributed by atoms with Crippen LogP contribution >= 0.6 is 8.58 Å². The van der Waals surface area contributed by atoms with Gasteiger partial charge in [0.25, 0.3) is 0 Å². The molecular formula is C26H23OP. The highest BCUT2D eigenvalue weighted by atomic mass is 31.1. The number of benzene rings is 4. The summed E-state index contributed by atoms with van der Waals surface area (Å²) in [7, 11) is 0.642. The van der Waals surface area contributed by atoms with Gasteiger partial charge in [-0.2, -0.15) is 0 Å². The van der Waals surface area contributed by atoms with Gasteiger partial charge in [-0.1, -0.05) is 87.4 Å². The van der Waals surface area contributed by atoms with Gasteiger partial charge in [-0.15, -0.1) is 0 Å². The van der Waals surface area contributed by atoms with E-state index in [1.165, 1.54) is 27.3 Å². The second kappa shape index (κ2) is 8.42. The van der Waals surface area contributed by atoms with Crippen molar-refractivity contribution in [3.8, 4) is 22.6 Å². The lowest BCUT2D eigenvalue weighted by Crippen LogP contribution is -2.05. The van der Waals surface area contributed by atoms with Gasteiger partial charge in [0.1, 0.15) is 11.5 Å². The molecule has 4 aromatic rings. The molecule has 0 aliphatic rings. The van der Waals surface area contributed by atoms with Crippen molar-refractivity contribution in [2.45, 2.75) is 13.8 Å². The summed E-state index contributed by atoms with van der Waals surface area (Å²) in [4.78, 5) is 0. The van der Waals surface area contributed by atoms with Crippen molar-refractivity contribution in [3.05, 3.63) is 108 Å². The summed E-state index contributed by atoms with van der Waals surface area (Å²) in [5, 5.41) is 2.71. The highest BCUT2D eigenvalue weighted by Crippen LogP contribution is 2.29. The van der Waals surface area contributed by atoms with Gasteiger partial charge in [0.15, 0.2) is 0 Å². The third-order valence-corrected chi connectivity index (χ3v) is 6.04. The summed E-state index contributed by atoms with van der Waals surface area (Å²) in [6.07, 6.45) is 0. The van der Waals surface area contributed by atoms with Gasteiger partial charge in [0.05, 0.1) is 0 Å². The molecule has 1 nitrogen and oxygen atoms in total. The van der Waals surface area contributed by atoms with Crippen LogP contribution in [0.4, 0.5) is 0 Å². The fourth-order valence-electron chi connectivity index (χ4n) is 3.17. The Balaban J connectivity index is 1.58. The van der Waals surface area contributed by atoms with Crippen molar-refractivity contribution in [1.29, 1.82) is 0 Å². The lowest BCUT2D eigenvalue weighted by molar-refractivity contribution is 0.478. The average Bonchev–Trinajstić information content (AvgIpc) is 2.73. The van der Waals surface area contributed by atoms with Gasteiger partial charge in [0, 0.05) is 0 Å². The molecule has 0 bridgehead atoms. The van der Waals surface area contributed by atoms with Crippen LogP contribution in [0.5, 0.6) is 11.5 Å². The SMILES string of the molecule is Cc1ccc(C)c(Oc2ccc(-c3ccccc3Pc3ccccc3)cc2)c1. The number of hydrogen-bond acceptors (Lipinski definition) is 1. The van der Waals surface area contributed by atoms with Crippen molar-refractivity contribution in [1.82, 2.24) is 0 Å². The zero-order chi connectivity index (χ0) is 19.3. The minimum absolute atomic E-state index is 0.642. The standard InChI is InChI=1S/C26H23OP/c1-19-12-13-20(2)25(18-19)27-22-16-14-21(15-17-22)24-10-6-7-11-26(24)28-23-8-4-3-5-9-23/h3-18,28H,1-2H3. The molecule has 0 aliphatic carbocycles. The first kappa shape index (κ1) is 18.5. The molecule has 2 heteroatoms. The second-order valence-corrected chi connectivity index (χ2v) is 8.30. The predicted molar refractivity (Wildman–Crippen MR) is 122 cm³/mol. The zero-order valence-corrected chi connectivity index (χ0v) is 17.1. The van der Waals surface area contributed by atoms with Crippen molar-refractivity contribution < 1.29 is 4.74 Å². The van der Waals surface area contributed by atoms with Crippen molar-refractivity contribution >= 4 is 19.2 Å². The summed E-state index contributed by atoms with van der Waals surface area (Å²) in [6.45, 7) is 4.16. The van der Waals surface area contributed by atoms with E-state index in [2.05, 4.69) is 111 Å². The van der Waals surface area contributed by atoms with Crippen LogP contribution in [0.1, 0.15) is 11.1 Å². The van der Waals surface area contributed by atoms with Crippen LogP contribution in [0.25, 0.3) is 11.1 Å². The van der Waals surface area contributed by atoms with Crippen molar-refractivity contribution in [2.75, 3.05) is 0 Å². The predicted octanol–water partition coefficient (Wildman–Crippen LogP) is 6.39. The van der Waals surface area contributed by atoms with Crippen molar-refractivity contribution in [2.24, 2.45) is 0 Å². The van der Waals surface area contributed by atoms with Gasteiger partial charge >= 0.3 is 0 Å². The maximum atomic E-state index is 6.11. The Morgan fingerprint density at radius 2 is 1.39 bits per heavy atom. The zero-order valence-electron chi connectivity index (χ0n) is 16.1. The van der Waals surface area contributed by atoms with Crippen LogP contribution in [0.3, 0.4) is 0 Å². The van der Waals surface area contributed by atoms with E-state index in [1.807, 2.05) is 0 Å². The van der Waals surface area contributed by atoms with E-state index in [4.69, 9.17) is 4.74 Å². The van der Waals surface area contributed by atoms with E-state index in [9.17, 15) is 0 Å². The van der Waals surface area contributed by atoms with Crippen molar-refractivity contribution in [3.63, 3.8) is 0 Å². The summed E-state index contributed by atoms with van der Waals surface area (Å²) in [5.74, 6) is 1.78. The number of aryl methyl sites for hydroxylation is 2. The van der Waals surface area contributed by atoms with Gasteiger partial charge in [-0.25, -0.2) is 0 Å². The topological polar surface area (TPSA) is 9.23 Å². The minimum Gasteiger partial charge on any atom is -0.457 e. The Morgan fingerprint density at radius 3 is 2.18 bits per heavy atom. The van der Waals surface area contributed by atoms with E-state index in [1.54, 1.807) is 0 Å². The van der Waals surface area contributed by atoms with Gasteiger partial charge in [-0.3, -0.25) is 0 Å². The molecule has 1 unspecified atom stereocenters. The number of rotatable bonds is 5. The fourth-order valence-corrected chi connectivity index (χ4v) is 4.38. The Labute approximate surface area is 168 Å². The van der Waals surface area contributed by atoms with E-state index in [-0.39, 0.29) is 0 Å². The molecule has 1 atom stereocenters. The molecule has 0 aliphatic heterocycles. The first-order valence-electron chi connectivity index (χ1n) is 9.46. The molecule has 0 N–H and O–H groups in total. The molecule has 0 aromatic heterocycles. The third kappa shape index (κ3) is 4.32. The quantitative estimate of drug-likeness (QED) is 0.363. The van der Waals surface area contributed by atoms with E-state index < -0.39 is 0 Å². The summed E-state index contributed by atoms with van der Waals surface area (Å²) in [6, 6.07) is 34.0. The lowest BCUT2D eigenvalue weighted by Gasteiger charge is -2.12. The van der Waals surface area contributed by atoms with Crippen LogP contribution in [-0.4, -0.2) is 0 Å².